The van der Waals surface area contributed by atoms with Crippen LogP contribution in [0.2, 0.25) is 0 Å². The molecule has 4 rings (SSSR count). The van der Waals surface area contributed by atoms with Crippen molar-refractivity contribution in [3.63, 3.8) is 0 Å². The Balaban J connectivity index is 1.57. The summed E-state index contributed by atoms with van der Waals surface area (Å²) in [6, 6.07) is 8.71. The smallest absolute Gasteiger partial charge is 0.330 e. The molecular weight excluding hydrogens is 398 g/mol. The predicted octanol–water partition coefficient (Wildman–Crippen LogP) is -1.31. The van der Waals surface area contributed by atoms with Crippen molar-refractivity contribution in [3.05, 3.63) is 62.9 Å². The first-order valence-corrected chi connectivity index (χ1v) is 9.28. The summed E-state index contributed by atoms with van der Waals surface area (Å²) in [5, 5.41) is 21.5. The van der Waals surface area contributed by atoms with Gasteiger partial charge in [-0.25, -0.2) is 9.86 Å². The van der Waals surface area contributed by atoms with E-state index in [1.165, 1.54) is 13.1 Å². The zero-order valence-corrected chi connectivity index (χ0v) is 16.1. The van der Waals surface area contributed by atoms with Crippen LogP contribution in [-0.4, -0.2) is 68.3 Å². The number of aromatic nitrogens is 2. The molecule has 2 bridgehead atoms. The number of aryl methyl sites for hydroxylation is 1. The summed E-state index contributed by atoms with van der Waals surface area (Å²) in [6.45, 7) is 0.277. The number of benzene rings is 1. The lowest BCUT2D eigenvalue weighted by molar-refractivity contribution is -0.260. The topological polar surface area (TPSA) is 143 Å². The highest BCUT2D eigenvalue weighted by Crippen LogP contribution is 2.42. The molecule has 2 aromatic rings. The Labute approximate surface area is 170 Å². The molecule has 2 aliphatic heterocycles. The maximum absolute atomic E-state index is 12.6. The Morgan fingerprint density at radius 2 is 2.07 bits per heavy atom. The van der Waals surface area contributed by atoms with Crippen LogP contribution in [0.1, 0.15) is 11.8 Å². The van der Waals surface area contributed by atoms with E-state index in [0.717, 1.165) is 9.63 Å². The zero-order chi connectivity index (χ0) is 21.5. The lowest BCUT2D eigenvalue weighted by Gasteiger charge is -2.39. The third-order valence-electron chi connectivity index (χ3n) is 5.22. The molecular formula is C19H21N3O8. The first kappa shape index (κ1) is 20.3. The number of amides is 1. The second kappa shape index (κ2) is 7.69. The van der Waals surface area contributed by atoms with Gasteiger partial charge in [0.05, 0.1) is 13.2 Å². The summed E-state index contributed by atoms with van der Waals surface area (Å²) in [6.07, 6.45) is -2.37. The SMILES string of the molecule is Cc1cn([C@@H]2O[C@@]3(CO)CN(C(=O)COc4ccccc4)O[C@@H]2[C@@H]3O)c(=O)[nH]c1=O. The zero-order valence-electron chi connectivity index (χ0n) is 16.1. The minimum absolute atomic E-state index is 0.247. The van der Waals surface area contributed by atoms with Gasteiger partial charge in [0.2, 0.25) is 0 Å². The van der Waals surface area contributed by atoms with Crippen LogP contribution in [0.4, 0.5) is 0 Å². The molecule has 11 nitrogen and oxygen atoms in total. The molecule has 0 radical (unpaired) electrons. The van der Waals surface area contributed by atoms with Crippen molar-refractivity contribution in [2.24, 2.45) is 0 Å². The molecule has 2 fully saturated rings. The van der Waals surface area contributed by atoms with Gasteiger partial charge in [-0.3, -0.25) is 24.0 Å². The molecule has 2 saturated heterocycles. The van der Waals surface area contributed by atoms with Crippen LogP contribution in [-0.2, 0) is 14.4 Å². The number of carbonyl (C=O) groups excluding carboxylic acids is 1. The fraction of sp³-hybridized carbons (Fsp3) is 0.421. The number of hydrogen-bond donors (Lipinski definition) is 3. The number of para-hydroxylation sites is 1. The van der Waals surface area contributed by atoms with Gasteiger partial charge in [-0.2, -0.15) is 0 Å². The first-order valence-electron chi connectivity index (χ1n) is 9.28. The van der Waals surface area contributed by atoms with Gasteiger partial charge in [0.1, 0.15) is 17.5 Å². The third-order valence-corrected chi connectivity index (χ3v) is 5.22. The number of hydrogen-bond acceptors (Lipinski definition) is 8. The van der Waals surface area contributed by atoms with Gasteiger partial charge in [-0.05, 0) is 19.1 Å². The van der Waals surface area contributed by atoms with Crippen LogP contribution in [0.25, 0.3) is 0 Å². The molecule has 4 atom stereocenters. The molecule has 0 unspecified atom stereocenters. The number of aliphatic hydroxyl groups is 2. The summed E-state index contributed by atoms with van der Waals surface area (Å²) in [7, 11) is 0. The normalized spacial score (nSPS) is 27.8. The van der Waals surface area contributed by atoms with E-state index in [4.69, 9.17) is 14.3 Å². The molecule has 1 aromatic heterocycles. The van der Waals surface area contributed by atoms with E-state index in [9.17, 15) is 24.6 Å². The van der Waals surface area contributed by atoms with Crippen molar-refractivity contribution in [2.75, 3.05) is 19.8 Å². The lowest BCUT2D eigenvalue weighted by atomic mass is 9.94. The molecule has 160 valence electrons. The Morgan fingerprint density at radius 3 is 2.77 bits per heavy atom. The number of fused-ring (bicyclic) bond motifs is 2. The van der Waals surface area contributed by atoms with Crippen LogP contribution in [0.15, 0.2) is 46.1 Å². The van der Waals surface area contributed by atoms with Crippen molar-refractivity contribution in [1.29, 1.82) is 0 Å². The fourth-order valence-electron chi connectivity index (χ4n) is 3.55. The summed E-state index contributed by atoms with van der Waals surface area (Å²) in [4.78, 5) is 44.3. The van der Waals surface area contributed by atoms with E-state index in [2.05, 4.69) is 4.98 Å². The van der Waals surface area contributed by atoms with Crippen molar-refractivity contribution in [3.8, 4) is 5.75 Å². The predicted molar refractivity (Wildman–Crippen MR) is 101 cm³/mol. The van der Waals surface area contributed by atoms with Crippen molar-refractivity contribution < 1.29 is 29.3 Å². The Kier molecular flexibility index (Phi) is 5.20. The van der Waals surface area contributed by atoms with Gasteiger partial charge in [0.15, 0.2) is 18.9 Å². The number of nitrogens with zero attached hydrogens (tertiary/aromatic N) is 2. The van der Waals surface area contributed by atoms with E-state index >= 15 is 0 Å². The summed E-state index contributed by atoms with van der Waals surface area (Å²) in [5.41, 5.74) is -2.63. The van der Waals surface area contributed by atoms with Crippen molar-refractivity contribution >= 4 is 5.91 Å². The van der Waals surface area contributed by atoms with Gasteiger partial charge in [0, 0.05) is 11.8 Å². The monoisotopic (exact) mass is 419 g/mol. The molecule has 3 N–H and O–H groups in total. The summed E-state index contributed by atoms with van der Waals surface area (Å²) >= 11 is 0. The van der Waals surface area contributed by atoms with E-state index in [-0.39, 0.29) is 18.7 Å². The third kappa shape index (κ3) is 3.41. The maximum Gasteiger partial charge on any atom is 0.330 e. The number of H-pyrrole nitrogens is 1. The van der Waals surface area contributed by atoms with Crippen molar-refractivity contribution in [2.45, 2.75) is 31.0 Å². The number of aromatic amines is 1. The average Bonchev–Trinajstić information content (AvgIpc) is 2.90. The van der Waals surface area contributed by atoms with E-state index in [1.807, 2.05) is 6.07 Å². The van der Waals surface area contributed by atoms with E-state index < -0.39 is 47.8 Å². The van der Waals surface area contributed by atoms with Gasteiger partial charge >= 0.3 is 5.69 Å². The largest absolute Gasteiger partial charge is 0.484 e. The highest BCUT2D eigenvalue weighted by Gasteiger charge is 2.61. The Bertz CT molecular complexity index is 1050. The molecule has 3 heterocycles. The maximum atomic E-state index is 12.6. The van der Waals surface area contributed by atoms with Gasteiger partial charge in [-0.1, -0.05) is 18.2 Å². The molecule has 0 aliphatic carbocycles. The number of carbonyl (C=O) groups is 1. The van der Waals surface area contributed by atoms with Crippen LogP contribution in [0.3, 0.4) is 0 Å². The number of ether oxygens (including phenoxy) is 2. The second-order valence-corrected chi connectivity index (χ2v) is 7.26. The second-order valence-electron chi connectivity index (χ2n) is 7.26. The Hall–Kier alpha value is -2.99. The lowest BCUT2D eigenvalue weighted by Crippen LogP contribution is -2.61. The van der Waals surface area contributed by atoms with Crippen molar-refractivity contribution in [1.82, 2.24) is 14.6 Å². The van der Waals surface area contributed by atoms with E-state index in [1.54, 1.807) is 24.3 Å². The summed E-state index contributed by atoms with van der Waals surface area (Å²) in [5.74, 6) is -0.0602. The first-order chi connectivity index (χ1) is 14.3. The molecule has 0 spiro atoms. The van der Waals surface area contributed by atoms with Gasteiger partial charge in [0.25, 0.3) is 11.5 Å². The fourth-order valence-corrected chi connectivity index (χ4v) is 3.55. The molecule has 2 aliphatic rings. The molecule has 1 amide bonds. The van der Waals surface area contributed by atoms with Crippen LogP contribution >= 0.6 is 0 Å². The van der Waals surface area contributed by atoms with Crippen LogP contribution in [0.5, 0.6) is 5.75 Å². The Morgan fingerprint density at radius 1 is 1.33 bits per heavy atom. The average molecular weight is 419 g/mol. The molecule has 0 saturated carbocycles. The minimum Gasteiger partial charge on any atom is -0.484 e. The van der Waals surface area contributed by atoms with Crippen LogP contribution in [0, 0.1) is 6.92 Å². The summed E-state index contributed by atoms with van der Waals surface area (Å²) < 4.78 is 12.3. The number of aliphatic hydroxyl groups excluding tert-OH is 2. The number of hydroxylamine groups is 2. The highest BCUT2D eigenvalue weighted by atomic mass is 16.7. The highest BCUT2D eigenvalue weighted by molar-refractivity contribution is 5.77. The number of rotatable bonds is 5. The minimum atomic E-state index is -1.56. The number of nitrogens with one attached hydrogen (secondary N) is 1. The molecule has 11 heteroatoms. The quantitative estimate of drug-likeness (QED) is 0.542. The molecule has 30 heavy (non-hydrogen) atoms. The standard InChI is InChI=1S/C19H21N3O8/c1-11-7-21(18(27)20-16(11)26)17-14-15(25)19(10-23,29-17)9-22(30-14)13(24)8-28-12-5-3-2-4-6-12/h2-7,14-15,17,23,25H,8-10H2,1H3,(H,20,26,27)/t14-,15+,17-,19-/m1/s1. The van der Waals surface area contributed by atoms with Gasteiger partial charge < -0.3 is 19.7 Å². The van der Waals surface area contributed by atoms with Gasteiger partial charge in [-0.15, -0.1) is 0 Å². The van der Waals surface area contributed by atoms with E-state index in [0.29, 0.717) is 5.75 Å². The van der Waals surface area contributed by atoms with Crippen LogP contribution < -0.4 is 16.0 Å². The molecule has 1 aromatic carbocycles.